The summed E-state index contributed by atoms with van der Waals surface area (Å²) >= 11 is 0. The van der Waals surface area contributed by atoms with E-state index < -0.39 is 31.9 Å². The molecule has 11 nitrogen and oxygen atoms in total. The highest BCUT2D eigenvalue weighted by Gasteiger charge is 2.40. The molecule has 49 heavy (non-hydrogen) atoms. The number of anilines is 1. The molecule has 0 saturated carbocycles. The average molecular weight is 700 g/mol. The molecule has 1 saturated heterocycles. The fourth-order valence-corrected chi connectivity index (χ4v) is 6.55. The van der Waals surface area contributed by atoms with E-state index in [1.54, 1.807) is 20.9 Å². The first-order chi connectivity index (χ1) is 22.8. The molecule has 1 aliphatic heterocycles. The Kier molecular flexibility index (Phi) is 12.1. The number of carbonyl (C=O) groups excluding carboxylic acids is 1. The summed E-state index contributed by atoms with van der Waals surface area (Å²) in [6, 6.07) is 7.37. The van der Waals surface area contributed by atoms with Crippen LogP contribution in [0.25, 0.3) is 22.6 Å². The van der Waals surface area contributed by atoms with Crippen molar-refractivity contribution in [3.63, 3.8) is 0 Å². The van der Waals surface area contributed by atoms with Gasteiger partial charge in [-0.15, -0.1) is 0 Å². The lowest BCUT2D eigenvalue weighted by atomic mass is 10.0. The molecule has 1 N–H and O–H groups in total. The fourth-order valence-electron chi connectivity index (χ4n) is 5.22. The maximum Gasteiger partial charge on any atom is 0.410 e. The fraction of sp³-hybridized carbons (Fsp3) is 0.611. The molecular formula is C36H54FN5O6Si. The standard InChI is InChI=1S/C36H54FN5O6Si/c1-23-29(24(2)47-41-23)31-30(37)33(38-20-25-15-17-44-18-16-25)40-32(39-31)26-13-12-14-27(19-26)45-22-28(48-49(10,11)36(6,7)8)21-42(9)34(43)46-35(3,4)5/h12-14,19,25,28H,15-18,20-22H2,1-11H3,(H,38,39,40). The van der Waals surface area contributed by atoms with Gasteiger partial charge >= 0.3 is 6.09 Å². The van der Waals surface area contributed by atoms with Crippen LogP contribution in [-0.2, 0) is 13.9 Å². The number of amides is 1. The summed E-state index contributed by atoms with van der Waals surface area (Å²) in [4.78, 5) is 23.7. The van der Waals surface area contributed by atoms with Gasteiger partial charge in [0.1, 0.15) is 29.4 Å². The number of carbonyl (C=O) groups is 1. The van der Waals surface area contributed by atoms with Gasteiger partial charge in [0, 0.05) is 32.4 Å². The lowest BCUT2D eigenvalue weighted by Gasteiger charge is -2.40. The van der Waals surface area contributed by atoms with Gasteiger partial charge in [-0.2, -0.15) is 0 Å². The van der Waals surface area contributed by atoms with Crippen molar-refractivity contribution in [2.75, 3.05) is 45.3 Å². The smallest absolute Gasteiger partial charge is 0.410 e. The van der Waals surface area contributed by atoms with E-state index in [1.165, 1.54) is 4.90 Å². The van der Waals surface area contributed by atoms with Gasteiger partial charge in [0.05, 0.1) is 23.9 Å². The first-order valence-electron chi connectivity index (χ1n) is 17.0. The minimum atomic E-state index is -2.23. The van der Waals surface area contributed by atoms with Gasteiger partial charge in [0.2, 0.25) is 0 Å². The molecule has 0 aliphatic carbocycles. The molecule has 0 spiro atoms. The van der Waals surface area contributed by atoms with Crippen molar-refractivity contribution < 1.29 is 32.3 Å². The Morgan fingerprint density at radius 3 is 2.43 bits per heavy atom. The highest BCUT2D eigenvalue weighted by Crippen LogP contribution is 2.38. The molecule has 1 fully saturated rings. The van der Waals surface area contributed by atoms with Gasteiger partial charge in [-0.3, -0.25) is 0 Å². The maximum atomic E-state index is 16.1. The molecule has 0 bridgehead atoms. The van der Waals surface area contributed by atoms with E-state index >= 15 is 4.39 Å². The number of halogens is 1. The van der Waals surface area contributed by atoms with Crippen LogP contribution < -0.4 is 10.1 Å². The van der Waals surface area contributed by atoms with Gasteiger partial charge < -0.3 is 33.4 Å². The summed E-state index contributed by atoms with van der Waals surface area (Å²) in [5.74, 6) is 1.27. The van der Waals surface area contributed by atoms with Crippen LogP contribution in [0, 0.1) is 25.6 Å². The van der Waals surface area contributed by atoms with Crippen LogP contribution in [0.4, 0.5) is 15.0 Å². The summed E-state index contributed by atoms with van der Waals surface area (Å²) in [5, 5.41) is 7.23. The van der Waals surface area contributed by atoms with E-state index in [4.69, 9.17) is 23.2 Å². The Morgan fingerprint density at radius 1 is 1.12 bits per heavy atom. The molecule has 1 aliphatic rings. The third-order valence-electron chi connectivity index (χ3n) is 9.00. The van der Waals surface area contributed by atoms with Gasteiger partial charge in [0.15, 0.2) is 25.8 Å². The third kappa shape index (κ3) is 10.2. The van der Waals surface area contributed by atoms with Crippen LogP contribution in [0.5, 0.6) is 5.75 Å². The van der Waals surface area contributed by atoms with Crippen molar-refractivity contribution in [3.05, 3.63) is 41.5 Å². The number of likely N-dealkylation sites (N-methyl/N-ethyl adjacent to an activating group) is 1. The zero-order valence-electron chi connectivity index (χ0n) is 31.0. The maximum absolute atomic E-state index is 16.1. The van der Waals surface area contributed by atoms with Crippen molar-refractivity contribution in [1.29, 1.82) is 0 Å². The van der Waals surface area contributed by atoms with Crippen LogP contribution >= 0.6 is 0 Å². The minimum absolute atomic E-state index is 0.0506. The number of hydrogen-bond acceptors (Lipinski definition) is 10. The van der Waals surface area contributed by atoms with Gasteiger partial charge in [-0.05, 0) is 83.6 Å². The number of rotatable bonds is 12. The van der Waals surface area contributed by atoms with Crippen LogP contribution in [0.3, 0.4) is 0 Å². The normalized spacial score (nSPS) is 15.2. The molecule has 2 aromatic heterocycles. The van der Waals surface area contributed by atoms with Crippen LogP contribution in [0.2, 0.25) is 18.1 Å². The predicted octanol–water partition coefficient (Wildman–Crippen LogP) is 8.03. The first-order valence-corrected chi connectivity index (χ1v) is 19.9. The summed E-state index contributed by atoms with van der Waals surface area (Å²) < 4.78 is 45.6. The molecule has 0 radical (unpaired) electrons. The monoisotopic (exact) mass is 699 g/mol. The van der Waals surface area contributed by atoms with Crippen molar-refractivity contribution in [2.45, 2.75) is 98.1 Å². The van der Waals surface area contributed by atoms with E-state index in [0.29, 0.717) is 59.8 Å². The third-order valence-corrected chi connectivity index (χ3v) is 13.5. The Morgan fingerprint density at radius 2 is 1.82 bits per heavy atom. The average Bonchev–Trinajstić information content (AvgIpc) is 3.35. The largest absolute Gasteiger partial charge is 0.491 e. The number of ether oxygens (including phenoxy) is 3. The molecular weight excluding hydrogens is 646 g/mol. The van der Waals surface area contributed by atoms with E-state index in [2.05, 4.69) is 54.3 Å². The van der Waals surface area contributed by atoms with E-state index in [-0.39, 0.29) is 29.7 Å². The van der Waals surface area contributed by atoms with Crippen molar-refractivity contribution >= 4 is 20.2 Å². The molecule has 3 aromatic rings. The molecule has 1 atom stereocenters. The number of aromatic nitrogens is 3. The second-order valence-electron chi connectivity index (χ2n) is 15.4. The number of hydrogen-bond donors (Lipinski definition) is 1. The van der Waals surface area contributed by atoms with E-state index in [0.717, 1.165) is 12.8 Å². The lowest BCUT2D eigenvalue weighted by molar-refractivity contribution is 0.0172. The van der Waals surface area contributed by atoms with Crippen molar-refractivity contribution in [2.24, 2.45) is 5.92 Å². The summed E-state index contributed by atoms with van der Waals surface area (Å²) in [6.45, 7) is 22.3. The molecule has 270 valence electrons. The predicted molar refractivity (Wildman–Crippen MR) is 191 cm³/mol. The van der Waals surface area contributed by atoms with Gasteiger partial charge in [0.25, 0.3) is 0 Å². The number of nitrogens with one attached hydrogen (secondary N) is 1. The summed E-state index contributed by atoms with van der Waals surface area (Å²) in [7, 11) is -0.533. The molecule has 1 aromatic carbocycles. The van der Waals surface area contributed by atoms with Crippen LogP contribution in [-0.4, -0.2) is 86.1 Å². The molecule has 4 rings (SSSR count). The van der Waals surface area contributed by atoms with E-state index in [1.807, 2.05) is 45.0 Å². The molecule has 13 heteroatoms. The Hall–Kier alpha value is -3.55. The molecule has 1 amide bonds. The molecule has 3 heterocycles. The zero-order chi connectivity index (χ0) is 36.1. The SMILES string of the molecule is Cc1noc(C)c1-c1nc(-c2cccc(OCC(CN(C)C(=O)OC(C)(C)C)O[Si](C)(C)C(C)(C)C)c2)nc(NCC2CCOCC2)c1F. The van der Waals surface area contributed by atoms with Crippen LogP contribution in [0.15, 0.2) is 28.8 Å². The number of nitrogens with zero attached hydrogens (tertiary/aromatic N) is 4. The second kappa shape index (κ2) is 15.6. The lowest BCUT2D eigenvalue weighted by Crippen LogP contribution is -2.49. The highest BCUT2D eigenvalue weighted by atomic mass is 28.4. The van der Waals surface area contributed by atoms with Crippen LogP contribution in [0.1, 0.15) is 65.8 Å². The van der Waals surface area contributed by atoms with E-state index in [9.17, 15) is 4.79 Å². The molecule has 1 unspecified atom stereocenters. The Labute approximate surface area is 291 Å². The summed E-state index contributed by atoms with van der Waals surface area (Å²) in [6.07, 6.45) is 0.950. The first kappa shape index (κ1) is 38.3. The van der Waals surface area contributed by atoms with Crippen molar-refractivity contribution in [3.8, 4) is 28.4 Å². The second-order valence-corrected chi connectivity index (χ2v) is 20.2. The number of aryl methyl sites for hydroxylation is 2. The van der Waals surface area contributed by atoms with Crippen molar-refractivity contribution in [1.82, 2.24) is 20.0 Å². The topological polar surface area (TPSA) is 121 Å². The minimum Gasteiger partial charge on any atom is -0.491 e. The Balaban J connectivity index is 1.61. The summed E-state index contributed by atoms with van der Waals surface area (Å²) in [5.41, 5.74) is 1.19. The quantitative estimate of drug-likeness (QED) is 0.186. The van der Waals surface area contributed by atoms with Gasteiger partial charge in [-0.25, -0.2) is 19.2 Å². The van der Waals surface area contributed by atoms with Gasteiger partial charge in [-0.1, -0.05) is 38.1 Å². The Bertz CT molecular complexity index is 1560. The zero-order valence-corrected chi connectivity index (χ0v) is 32.0. The number of benzene rings is 1. The highest BCUT2D eigenvalue weighted by molar-refractivity contribution is 6.74.